The van der Waals surface area contributed by atoms with Crippen LogP contribution < -0.4 is 92.1 Å². The average molecular weight is 1680 g/mol. The number of nitrogens with one attached hydrogen (secondary N) is 14. The summed E-state index contributed by atoms with van der Waals surface area (Å²) in [6.45, 7) is 4.46. The van der Waals surface area contributed by atoms with Crippen LogP contribution in [0.1, 0.15) is 160 Å². The smallest absolute Gasteiger partial charge is 0.329 e. The molecule has 1 saturated heterocycles. The van der Waals surface area contributed by atoms with Crippen LogP contribution >= 0.6 is 0 Å². The number of amides is 15. The molecule has 1 fully saturated rings. The van der Waals surface area contributed by atoms with E-state index in [0.717, 1.165) is 59.3 Å². The number of hydrogen-bond donors (Lipinski definition) is 22. The predicted octanol–water partition coefficient (Wildman–Crippen LogP) is -5.10. The highest BCUT2D eigenvalue weighted by atomic mass is 16.5. The molecular weight excluding hydrogens is 1570 g/mol. The second kappa shape index (κ2) is 49.0. The van der Waals surface area contributed by atoms with Crippen LogP contribution in [0.15, 0.2) is 54.7 Å². The lowest BCUT2D eigenvalue weighted by atomic mass is 9.95. The summed E-state index contributed by atoms with van der Waals surface area (Å²) in [6, 6.07) is -11.4. The Balaban J connectivity index is 1.87. The van der Waals surface area contributed by atoms with E-state index in [1.165, 1.54) is 24.3 Å². The number of unbranched alkanes of at least 4 members (excludes halogenated alkanes) is 6. The summed E-state index contributed by atoms with van der Waals surface area (Å²) in [5.41, 5.74) is 23.5. The number of para-hydroxylation sites is 2. The number of primary amides is 2. The first-order valence-electron chi connectivity index (χ1n) is 38.2. The lowest BCUT2D eigenvalue weighted by Crippen LogP contribution is -2.62. The maximum atomic E-state index is 14.9. The van der Waals surface area contributed by atoms with Crippen molar-refractivity contribution in [1.82, 2.24) is 74.1 Å². The van der Waals surface area contributed by atoms with Gasteiger partial charge in [-0.25, -0.2) is 4.79 Å². The highest BCUT2D eigenvalue weighted by molar-refractivity contribution is 6.09. The van der Waals surface area contributed by atoms with E-state index in [1.54, 1.807) is 30.5 Å². The number of ketones is 1. The number of aromatic amines is 1. The second-order valence-electron chi connectivity index (χ2n) is 28.9. The first-order valence-corrected chi connectivity index (χ1v) is 38.2. The molecule has 652 valence electrons. The number of carbonyl (C=O) groups is 21. The van der Waals surface area contributed by atoms with E-state index >= 15 is 0 Å². The first-order chi connectivity index (χ1) is 56.1. The number of aliphatic carboxylic acids is 4. The van der Waals surface area contributed by atoms with Crippen molar-refractivity contribution in [3.63, 3.8) is 0 Å². The van der Waals surface area contributed by atoms with Crippen LogP contribution in [0.4, 0.5) is 5.69 Å². The summed E-state index contributed by atoms with van der Waals surface area (Å²) in [4.78, 5) is 290. The van der Waals surface area contributed by atoms with Crippen molar-refractivity contribution < 1.29 is 126 Å². The highest BCUT2D eigenvalue weighted by Crippen LogP contribution is 2.22. The molecule has 1 aliphatic heterocycles. The number of fused-ring (bicyclic) bond motifs is 1. The van der Waals surface area contributed by atoms with Crippen molar-refractivity contribution in [3.8, 4) is 0 Å². The Bertz CT molecular complexity index is 4210. The van der Waals surface area contributed by atoms with E-state index < -0.39 is 261 Å². The van der Waals surface area contributed by atoms with E-state index in [2.05, 4.69) is 66.7 Å². The predicted molar refractivity (Wildman–Crippen MR) is 416 cm³/mol. The summed E-state index contributed by atoms with van der Waals surface area (Å²) < 4.78 is 5.68. The number of nitrogen functional groups attached to an aromatic ring is 1. The van der Waals surface area contributed by atoms with Crippen LogP contribution in [-0.4, -0.2) is 242 Å². The van der Waals surface area contributed by atoms with E-state index in [0.29, 0.717) is 35.2 Å². The van der Waals surface area contributed by atoms with Crippen LogP contribution in [0.3, 0.4) is 0 Å². The third kappa shape index (κ3) is 34.3. The highest BCUT2D eigenvalue weighted by Gasteiger charge is 2.42. The molecule has 4 rings (SSSR count). The van der Waals surface area contributed by atoms with Crippen molar-refractivity contribution >= 4 is 141 Å². The minimum Gasteiger partial charge on any atom is -0.481 e. The van der Waals surface area contributed by atoms with Crippen molar-refractivity contribution in [1.29, 1.82) is 0 Å². The van der Waals surface area contributed by atoms with Gasteiger partial charge in [0, 0.05) is 47.6 Å². The molecule has 44 nitrogen and oxygen atoms in total. The van der Waals surface area contributed by atoms with E-state index in [4.69, 9.17) is 27.7 Å². The van der Waals surface area contributed by atoms with Crippen molar-refractivity contribution in [2.24, 2.45) is 29.0 Å². The van der Waals surface area contributed by atoms with Gasteiger partial charge < -0.3 is 122 Å². The zero-order valence-corrected chi connectivity index (χ0v) is 66.2. The molecular formula is C75H106N18O26. The molecule has 0 bridgehead atoms. The number of carboxylic acids is 4. The minimum absolute atomic E-state index is 0.0249. The number of esters is 1. The number of carboxylic acid groups (broad SMARTS) is 4. The molecule has 3 aromatic rings. The monoisotopic (exact) mass is 1670 g/mol. The van der Waals surface area contributed by atoms with Crippen molar-refractivity contribution in [3.05, 3.63) is 65.9 Å². The van der Waals surface area contributed by atoms with Gasteiger partial charge in [0.25, 0.3) is 5.91 Å². The molecule has 44 heteroatoms. The average Bonchev–Trinajstić information content (AvgIpc) is 1.79. The number of aromatic nitrogens is 1. The maximum absolute atomic E-state index is 14.9. The summed E-state index contributed by atoms with van der Waals surface area (Å²) in [5.74, 6) is -31.7. The maximum Gasteiger partial charge on any atom is 0.329 e. The number of hydrogen-bond acceptors (Lipinski definition) is 24. The lowest BCUT2D eigenvalue weighted by molar-refractivity contribution is -0.156. The van der Waals surface area contributed by atoms with Gasteiger partial charge in [0.15, 0.2) is 11.8 Å². The van der Waals surface area contributed by atoms with Crippen LogP contribution in [0.25, 0.3) is 10.9 Å². The standard InChI is InChI=1S/C75H106N18O26/c1-36(2)18-11-9-7-6-8-10-12-24-54(96)85-46(27-40-33-80-44-22-16-14-19-41(40)44)69(112)87-47(29-53(78)95)70(113)89-50(32-60(105)106)71(114)93-62-39(5)119-75(118)51(28-52(94)42-20-13-15-21-43(42)77)90-73(116)61(37(3)26-57(99)100)92-74(117)63(64(79)107)91-56(98)35-81-66(109)48(30-58(101)102)86-65(108)38(4)83-68(111)49(31-59(103)104)88-67(110)45(23-17-25-76)84-55(97)34-82-72(62)115/h13-16,19-22,33,36-39,45-51,61-63,80H,6-12,17-18,23-32,34-35,76-77H2,1-5H3,(H2,78,95)(H2,79,107)(H,81,109)(H,82,115)(H,83,111)(H,84,97)(H,85,96)(H,86,108)(H,87,112)(H,88,110)(H,89,113)(H,90,116)(H,91,98)(H,92,117)(H,93,114)(H,99,100)(H,101,102)(H,103,104)(H,105,106)/t37?,38-,39-,45+,46+,47-,48+,49+,50+,51+,61+,62+,63-/m1/s1. The number of H-pyrrole nitrogens is 1. The van der Waals surface area contributed by atoms with Gasteiger partial charge in [-0.05, 0) is 75.3 Å². The summed E-state index contributed by atoms with van der Waals surface area (Å²) in [7, 11) is 0. The number of nitrogens with two attached hydrogens (primary N) is 4. The fraction of sp³-hybridized carbons (Fsp3) is 0.533. The Morgan fingerprint density at radius 3 is 1.67 bits per heavy atom. The Morgan fingerprint density at radius 1 is 0.529 bits per heavy atom. The minimum atomic E-state index is -2.56. The number of carbonyl (C=O) groups excluding carboxylic acids is 17. The topological polar surface area (TPSA) is 725 Å². The van der Waals surface area contributed by atoms with Crippen LogP contribution in [-0.2, 0) is 107 Å². The Morgan fingerprint density at radius 2 is 1.08 bits per heavy atom. The molecule has 1 aromatic heterocycles. The molecule has 1 unspecified atom stereocenters. The third-order valence-corrected chi connectivity index (χ3v) is 18.6. The zero-order valence-electron chi connectivity index (χ0n) is 66.2. The number of benzene rings is 2. The molecule has 26 N–H and O–H groups in total. The molecule has 119 heavy (non-hydrogen) atoms. The van der Waals surface area contributed by atoms with Gasteiger partial charge >= 0.3 is 29.8 Å². The molecule has 0 radical (unpaired) electrons. The van der Waals surface area contributed by atoms with Crippen LogP contribution in [0, 0.1) is 11.8 Å². The second-order valence-corrected chi connectivity index (χ2v) is 28.9. The molecule has 2 heterocycles. The third-order valence-electron chi connectivity index (χ3n) is 18.6. The van der Waals surface area contributed by atoms with Gasteiger partial charge in [-0.15, -0.1) is 0 Å². The molecule has 2 aromatic carbocycles. The van der Waals surface area contributed by atoms with E-state index in [9.17, 15) is 121 Å². The summed E-state index contributed by atoms with van der Waals surface area (Å²) >= 11 is 0. The van der Waals surface area contributed by atoms with Gasteiger partial charge in [0.1, 0.15) is 66.5 Å². The normalized spacial score (nSPS) is 20.9. The SMILES string of the molecule is CC(C)CCCCCCCCCC(=O)N[C@@H](Cc1c[nH]c2ccccc12)C(=O)N[C@H](CC(N)=O)C(=O)N[C@@H](CC(=O)O)C(=O)N[C@@H]1C(=O)NCC(=O)N[C@@H](CCCN)C(=O)N[C@@H](CC(=O)O)C(=O)N[C@H](C)C(=O)N[C@@H](CC(=O)O)C(=O)NCC(=O)N[C@H](C(N)=O)C(=O)N[C@@H](C(C)CC(=O)O)C(=O)N[C@@H](CC(=O)c2ccccc2N)C(=O)O[C@@H]1C. The number of cyclic esters (lactones) is 1. The molecule has 0 aliphatic carbocycles. The first kappa shape index (κ1) is 98.2. The molecule has 15 amide bonds. The number of anilines is 1. The van der Waals surface area contributed by atoms with Gasteiger partial charge in [0.05, 0.1) is 45.2 Å². The van der Waals surface area contributed by atoms with Crippen molar-refractivity contribution in [2.75, 3.05) is 25.4 Å². The fourth-order valence-corrected chi connectivity index (χ4v) is 12.2. The number of ether oxygens (including phenoxy) is 1. The van der Waals surface area contributed by atoms with Gasteiger partial charge in [-0.3, -0.25) is 95.9 Å². The van der Waals surface area contributed by atoms with Gasteiger partial charge in [0.2, 0.25) is 82.7 Å². The molecule has 0 spiro atoms. The van der Waals surface area contributed by atoms with E-state index in [1.807, 2.05) is 21.3 Å². The Kier molecular flexibility index (Phi) is 40.4. The quantitative estimate of drug-likeness (QED) is 0.00844. The van der Waals surface area contributed by atoms with Gasteiger partial charge in [-0.1, -0.05) is 96.0 Å². The van der Waals surface area contributed by atoms with Gasteiger partial charge in [-0.2, -0.15) is 0 Å². The lowest BCUT2D eigenvalue weighted by Gasteiger charge is -2.30. The van der Waals surface area contributed by atoms with E-state index in [-0.39, 0.29) is 37.1 Å². The Labute approximate surface area is 681 Å². The summed E-state index contributed by atoms with van der Waals surface area (Å²) in [5, 5.41) is 67.9. The Hall–Kier alpha value is -13.2. The largest absolute Gasteiger partial charge is 0.481 e. The van der Waals surface area contributed by atoms with Crippen LogP contribution in [0.2, 0.25) is 0 Å². The molecule has 13 atom stereocenters. The molecule has 0 saturated carbocycles. The summed E-state index contributed by atoms with van der Waals surface area (Å²) in [6.07, 6.45) is -1.36. The van der Waals surface area contributed by atoms with Crippen LogP contribution in [0.5, 0.6) is 0 Å². The zero-order chi connectivity index (χ0) is 88.9. The fourth-order valence-electron chi connectivity index (χ4n) is 12.2. The number of rotatable bonds is 37. The molecule has 1 aliphatic rings. The van der Waals surface area contributed by atoms with Crippen molar-refractivity contribution in [2.45, 2.75) is 223 Å². The number of Topliss-reactive ketones (excluding diaryl/α,β-unsaturated/α-hetero) is 1.